The quantitative estimate of drug-likeness (QED) is 0.471. The molecule has 0 saturated heterocycles. The van der Waals surface area contributed by atoms with E-state index in [1.807, 2.05) is 0 Å². The Kier molecular flexibility index (Phi) is 8.77. The first-order chi connectivity index (χ1) is 6.27. The van der Waals surface area contributed by atoms with Crippen molar-refractivity contribution >= 4 is 6.16 Å². The molecule has 0 aromatic heterocycles. The van der Waals surface area contributed by atoms with Gasteiger partial charge in [0.05, 0.1) is 6.61 Å². The fourth-order valence-electron chi connectivity index (χ4n) is 0.889. The third-order valence-electron chi connectivity index (χ3n) is 1.51. The molecule has 0 aliphatic rings. The van der Waals surface area contributed by atoms with Gasteiger partial charge in [-0.1, -0.05) is 6.92 Å². The van der Waals surface area contributed by atoms with E-state index in [1.165, 1.54) is 0 Å². The van der Waals surface area contributed by atoms with Crippen LogP contribution in [-0.2, 0) is 9.47 Å². The molecule has 4 nitrogen and oxygen atoms in total. The van der Waals surface area contributed by atoms with Gasteiger partial charge in [-0.05, 0) is 25.7 Å². The number of hydrogen-bond acceptors (Lipinski definition) is 3. The molecule has 0 saturated carbocycles. The van der Waals surface area contributed by atoms with Gasteiger partial charge in [0, 0.05) is 13.2 Å². The maximum Gasteiger partial charge on any atom is 0.505 e. The molecule has 0 bridgehead atoms. The van der Waals surface area contributed by atoms with Gasteiger partial charge in [0.1, 0.15) is 0 Å². The topological polar surface area (TPSA) is 55.8 Å². The highest BCUT2D eigenvalue weighted by Crippen LogP contribution is 1.97. The second kappa shape index (κ2) is 9.32. The Morgan fingerprint density at radius 3 is 2.46 bits per heavy atom. The monoisotopic (exact) mass is 190 g/mol. The Bertz CT molecular complexity index is 125. The van der Waals surface area contributed by atoms with E-state index < -0.39 is 6.16 Å². The molecule has 1 N–H and O–H groups in total. The number of ether oxygens (including phenoxy) is 2. The van der Waals surface area contributed by atoms with Crippen LogP contribution in [0.25, 0.3) is 0 Å². The van der Waals surface area contributed by atoms with Crippen LogP contribution in [0.3, 0.4) is 0 Å². The number of carbonyl (C=O) groups is 1. The summed E-state index contributed by atoms with van der Waals surface area (Å²) in [7, 11) is 0. The lowest BCUT2D eigenvalue weighted by molar-refractivity contribution is 0.0880. The fraction of sp³-hybridized carbons (Fsp3) is 0.889. The van der Waals surface area contributed by atoms with Gasteiger partial charge in [-0.3, -0.25) is 0 Å². The molecule has 0 aromatic rings. The van der Waals surface area contributed by atoms with Crippen LogP contribution >= 0.6 is 0 Å². The van der Waals surface area contributed by atoms with Gasteiger partial charge >= 0.3 is 6.16 Å². The summed E-state index contributed by atoms with van der Waals surface area (Å²) in [6.07, 6.45) is 2.56. The summed E-state index contributed by atoms with van der Waals surface area (Å²) >= 11 is 0. The first-order valence-electron chi connectivity index (χ1n) is 4.70. The van der Waals surface area contributed by atoms with Gasteiger partial charge in [-0.2, -0.15) is 0 Å². The number of rotatable bonds is 8. The Labute approximate surface area is 78.8 Å². The lowest BCUT2D eigenvalue weighted by atomic mass is 10.2. The summed E-state index contributed by atoms with van der Waals surface area (Å²) in [5.41, 5.74) is 0. The number of hydrogen-bond donors (Lipinski definition) is 1. The molecule has 13 heavy (non-hydrogen) atoms. The Hall–Kier alpha value is -0.770. The second-order valence-corrected chi connectivity index (χ2v) is 2.79. The van der Waals surface area contributed by atoms with Crippen LogP contribution in [0.4, 0.5) is 4.79 Å². The van der Waals surface area contributed by atoms with Crippen LogP contribution in [0, 0.1) is 0 Å². The summed E-state index contributed by atoms with van der Waals surface area (Å²) in [5.74, 6) is 0. The van der Waals surface area contributed by atoms with Crippen LogP contribution in [0.2, 0.25) is 0 Å². The molecular weight excluding hydrogens is 172 g/mol. The Morgan fingerprint density at radius 2 is 1.85 bits per heavy atom. The highest BCUT2D eigenvalue weighted by molar-refractivity contribution is 5.56. The van der Waals surface area contributed by atoms with Gasteiger partial charge in [-0.25, -0.2) is 4.79 Å². The summed E-state index contributed by atoms with van der Waals surface area (Å²) < 4.78 is 9.60. The van der Waals surface area contributed by atoms with Crippen molar-refractivity contribution in [3.8, 4) is 0 Å². The molecule has 0 aromatic carbocycles. The molecule has 0 fully saturated rings. The minimum atomic E-state index is -1.19. The van der Waals surface area contributed by atoms with E-state index in [0.29, 0.717) is 6.61 Å². The lowest BCUT2D eigenvalue weighted by Crippen LogP contribution is -2.02. The molecule has 0 spiro atoms. The van der Waals surface area contributed by atoms with E-state index in [1.54, 1.807) is 0 Å². The van der Waals surface area contributed by atoms with Crippen molar-refractivity contribution in [2.24, 2.45) is 0 Å². The SMILES string of the molecule is CCCOCCCCCOC(=O)O. The van der Waals surface area contributed by atoms with E-state index in [0.717, 1.165) is 38.9 Å². The van der Waals surface area contributed by atoms with Gasteiger partial charge < -0.3 is 14.6 Å². The smallest absolute Gasteiger partial charge is 0.450 e. The Morgan fingerprint density at radius 1 is 1.15 bits per heavy atom. The summed E-state index contributed by atoms with van der Waals surface area (Å²) in [4.78, 5) is 9.93. The van der Waals surface area contributed by atoms with Crippen molar-refractivity contribution in [2.45, 2.75) is 32.6 Å². The zero-order valence-corrected chi connectivity index (χ0v) is 8.12. The van der Waals surface area contributed by atoms with Crippen LogP contribution < -0.4 is 0 Å². The highest BCUT2D eigenvalue weighted by Gasteiger charge is 1.95. The van der Waals surface area contributed by atoms with E-state index >= 15 is 0 Å². The number of carboxylic acid groups (broad SMARTS) is 1. The van der Waals surface area contributed by atoms with Gasteiger partial charge in [0.2, 0.25) is 0 Å². The normalized spacial score (nSPS) is 9.92. The molecule has 0 aliphatic carbocycles. The molecule has 0 amide bonds. The van der Waals surface area contributed by atoms with Crippen molar-refractivity contribution in [2.75, 3.05) is 19.8 Å². The number of unbranched alkanes of at least 4 members (excludes halogenated alkanes) is 2. The molecule has 0 radical (unpaired) electrons. The average Bonchev–Trinajstić information content (AvgIpc) is 2.09. The third-order valence-corrected chi connectivity index (χ3v) is 1.51. The first kappa shape index (κ1) is 12.2. The molecule has 0 aliphatic heterocycles. The van der Waals surface area contributed by atoms with Crippen LogP contribution in [0.15, 0.2) is 0 Å². The van der Waals surface area contributed by atoms with Gasteiger partial charge in [0.25, 0.3) is 0 Å². The van der Waals surface area contributed by atoms with Crippen molar-refractivity contribution in [1.82, 2.24) is 0 Å². The maximum absolute atomic E-state index is 9.93. The van der Waals surface area contributed by atoms with Crippen molar-refractivity contribution in [3.05, 3.63) is 0 Å². The Balaban J connectivity index is 2.87. The molecule has 78 valence electrons. The molecule has 0 unspecified atom stereocenters. The molecule has 0 heterocycles. The van der Waals surface area contributed by atoms with E-state index in [-0.39, 0.29) is 0 Å². The molecular formula is C9H18O4. The summed E-state index contributed by atoms with van der Waals surface area (Å²) in [6, 6.07) is 0. The average molecular weight is 190 g/mol. The molecule has 0 atom stereocenters. The standard InChI is InChI=1S/C9H18O4/c1-2-6-12-7-4-3-5-8-13-9(10)11/h2-8H2,1H3,(H,10,11). The second-order valence-electron chi connectivity index (χ2n) is 2.79. The third kappa shape index (κ3) is 11.2. The van der Waals surface area contributed by atoms with Gasteiger partial charge in [0.15, 0.2) is 0 Å². The highest BCUT2D eigenvalue weighted by atomic mass is 16.7. The van der Waals surface area contributed by atoms with Crippen LogP contribution in [0.1, 0.15) is 32.6 Å². The summed E-state index contributed by atoms with van der Waals surface area (Å²) in [5, 5.41) is 8.14. The zero-order valence-electron chi connectivity index (χ0n) is 8.12. The van der Waals surface area contributed by atoms with Crippen molar-refractivity contribution in [1.29, 1.82) is 0 Å². The van der Waals surface area contributed by atoms with E-state index in [2.05, 4.69) is 11.7 Å². The lowest BCUT2D eigenvalue weighted by Gasteiger charge is -2.02. The minimum Gasteiger partial charge on any atom is -0.450 e. The minimum absolute atomic E-state index is 0.295. The molecule has 0 rings (SSSR count). The summed E-state index contributed by atoms with van der Waals surface area (Å²) in [6.45, 7) is 3.94. The van der Waals surface area contributed by atoms with E-state index in [9.17, 15) is 4.79 Å². The van der Waals surface area contributed by atoms with Crippen LogP contribution in [0.5, 0.6) is 0 Å². The zero-order chi connectivity index (χ0) is 9.94. The predicted octanol–water partition coefficient (Wildman–Crippen LogP) is 2.28. The van der Waals surface area contributed by atoms with Crippen LogP contribution in [-0.4, -0.2) is 31.1 Å². The fourth-order valence-corrected chi connectivity index (χ4v) is 0.889. The maximum atomic E-state index is 9.93. The van der Waals surface area contributed by atoms with Crippen molar-refractivity contribution < 1.29 is 19.4 Å². The largest absolute Gasteiger partial charge is 0.505 e. The van der Waals surface area contributed by atoms with Gasteiger partial charge in [-0.15, -0.1) is 0 Å². The first-order valence-corrected chi connectivity index (χ1v) is 4.70. The van der Waals surface area contributed by atoms with Crippen molar-refractivity contribution in [3.63, 3.8) is 0 Å². The van der Waals surface area contributed by atoms with E-state index in [4.69, 9.17) is 9.84 Å². The predicted molar refractivity (Wildman–Crippen MR) is 48.9 cm³/mol. The molecule has 4 heteroatoms.